The molecule has 0 aromatic heterocycles. The molecule has 0 spiro atoms. The van der Waals surface area contributed by atoms with E-state index in [4.69, 9.17) is 22.6 Å². The maximum absolute atomic E-state index is 12.4. The maximum Gasteiger partial charge on any atom is 0.262 e. The lowest BCUT2D eigenvalue weighted by molar-refractivity contribution is 0.600. The molecule has 5 nitrogen and oxygen atoms in total. The fraction of sp³-hybridized carbons (Fsp3) is 0.0714. The van der Waals surface area contributed by atoms with Gasteiger partial charge in [0, 0.05) is 5.69 Å². The number of rotatable bonds is 3. The summed E-state index contributed by atoms with van der Waals surface area (Å²) >= 11 is 5.97. The van der Waals surface area contributed by atoms with E-state index in [9.17, 15) is 8.42 Å². The van der Waals surface area contributed by atoms with Gasteiger partial charge >= 0.3 is 0 Å². The van der Waals surface area contributed by atoms with Crippen LogP contribution in [0.25, 0.3) is 0 Å². The molecule has 108 valence electrons. The highest BCUT2D eigenvalue weighted by atomic mass is 35.5. The molecule has 21 heavy (non-hydrogen) atoms. The predicted molar refractivity (Wildman–Crippen MR) is 82.6 cm³/mol. The summed E-state index contributed by atoms with van der Waals surface area (Å²) in [5.41, 5.74) is 7.14. The molecule has 3 N–H and O–H groups in total. The number of nitrogens with two attached hydrogens (primary N) is 1. The highest BCUT2D eigenvalue weighted by Gasteiger charge is 2.19. The average Bonchev–Trinajstić information content (AvgIpc) is 2.43. The first kappa shape index (κ1) is 15.2. The lowest BCUT2D eigenvalue weighted by Gasteiger charge is -2.12. The normalized spacial score (nSPS) is 10.9. The Kier molecular flexibility index (Phi) is 4.07. The van der Waals surface area contributed by atoms with Gasteiger partial charge in [0.1, 0.15) is 0 Å². The molecule has 0 atom stereocenters. The standard InChI is InChI=1S/C14H12ClN3O2S/c1-9-12(17)3-2-4-14(9)21(19,20)18-13-6-5-10(8-16)7-11(13)15/h2-7,18H,17H2,1H3. The minimum atomic E-state index is -3.81. The Labute approximate surface area is 128 Å². The Balaban J connectivity index is 2.43. The van der Waals surface area contributed by atoms with E-state index in [-0.39, 0.29) is 15.6 Å². The zero-order valence-corrected chi connectivity index (χ0v) is 12.7. The molecule has 0 aliphatic carbocycles. The largest absolute Gasteiger partial charge is 0.398 e. The number of hydrogen-bond donors (Lipinski definition) is 2. The fourth-order valence-electron chi connectivity index (χ4n) is 1.79. The average molecular weight is 322 g/mol. The minimum absolute atomic E-state index is 0.0860. The van der Waals surface area contributed by atoms with Crippen molar-refractivity contribution in [3.05, 3.63) is 52.5 Å². The molecule has 7 heteroatoms. The van der Waals surface area contributed by atoms with Crippen LogP contribution in [0.1, 0.15) is 11.1 Å². The van der Waals surface area contributed by atoms with Crippen molar-refractivity contribution >= 4 is 33.0 Å². The molecule has 2 rings (SSSR count). The van der Waals surface area contributed by atoms with Crippen molar-refractivity contribution in [1.29, 1.82) is 5.26 Å². The molecule has 2 aromatic carbocycles. The third-order valence-electron chi connectivity index (χ3n) is 2.96. The van der Waals surface area contributed by atoms with Gasteiger partial charge in [0.25, 0.3) is 10.0 Å². The number of nitrogen functional groups attached to an aromatic ring is 1. The summed E-state index contributed by atoms with van der Waals surface area (Å²) in [4.78, 5) is 0.0860. The van der Waals surface area contributed by atoms with Crippen LogP contribution in [0.3, 0.4) is 0 Å². The number of nitriles is 1. The number of halogens is 1. The van der Waals surface area contributed by atoms with Gasteiger partial charge in [-0.2, -0.15) is 5.26 Å². The van der Waals surface area contributed by atoms with Crippen LogP contribution in [0.5, 0.6) is 0 Å². The van der Waals surface area contributed by atoms with Gasteiger partial charge in [-0.15, -0.1) is 0 Å². The lowest BCUT2D eigenvalue weighted by Crippen LogP contribution is -2.15. The zero-order valence-electron chi connectivity index (χ0n) is 11.1. The monoisotopic (exact) mass is 321 g/mol. The first-order valence-electron chi connectivity index (χ1n) is 5.92. The van der Waals surface area contributed by atoms with E-state index in [0.29, 0.717) is 16.8 Å². The number of hydrogen-bond acceptors (Lipinski definition) is 4. The quantitative estimate of drug-likeness (QED) is 0.849. The summed E-state index contributed by atoms with van der Waals surface area (Å²) in [5, 5.41) is 8.92. The van der Waals surface area contributed by atoms with Crippen LogP contribution in [0, 0.1) is 18.3 Å². The Bertz CT molecular complexity index is 842. The Morgan fingerprint density at radius 2 is 2.00 bits per heavy atom. The molecular weight excluding hydrogens is 310 g/mol. The van der Waals surface area contributed by atoms with Crippen molar-refractivity contribution in [1.82, 2.24) is 0 Å². The minimum Gasteiger partial charge on any atom is -0.398 e. The number of nitrogens with one attached hydrogen (secondary N) is 1. The molecule has 0 bridgehead atoms. The second kappa shape index (κ2) is 5.64. The topological polar surface area (TPSA) is 96.0 Å². The maximum atomic E-state index is 12.4. The van der Waals surface area contributed by atoms with Crippen LogP contribution in [0.2, 0.25) is 5.02 Å². The van der Waals surface area contributed by atoms with Crippen LogP contribution >= 0.6 is 11.6 Å². The molecule has 0 radical (unpaired) electrons. The van der Waals surface area contributed by atoms with Crippen LogP contribution in [0.4, 0.5) is 11.4 Å². The van der Waals surface area contributed by atoms with E-state index in [1.165, 1.54) is 24.3 Å². The SMILES string of the molecule is Cc1c(N)cccc1S(=O)(=O)Nc1ccc(C#N)cc1Cl. The summed E-state index contributed by atoms with van der Waals surface area (Å²) in [5.74, 6) is 0. The van der Waals surface area contributed by atoms with Gasteiger partial charge in [0.15, 0.2) is 0 Å². The number of sulfonamides is 1. The Morgan fingerprint density at radius 1 is 1.29 bits per heavy atom. The van der Waals surface area contributed by atoms with Gasteiger partial charge in [-0.05, 0) is 42.8 Å². The smallest absolute Gasteiger partial charge is 0.262 e. The summed E-state index contributed by atoms with van der Waals surface area (Å²) < 4.78 is 27.2. The second-order valence-corrected chi connectivity index (χ2v) is 6.44. The number of benzene rings is 2. The summed E-state index contributed by atoms with van der Waals surface area (Å²) in [6, 6.07) is 10.9. The predicted octanol–water partition coefficient (Wildman–Crippen LogP) is 2.90. The molecule has 0 unspecified atom stereocenters. The van der Waals surface area contributed by atoms with Gasteiger partial charge < -0.3 is 5.73 Å². The summed E-state index contributed by atoms with van der Waals surface area (Å²) in [6.07, 6.45) is 0. The highest BCUT2D eigenvalue weighted by Crippen LogP contribution is 2.27. The van der Waals surface area contributed by atoms with Gasteiger partial charge in [0.05, 0.1) is 27.2 Å². The van der Waals surface area contributed by atoms with E-state index in [1.54, 1.807) is 19.1 Å². The van der Waals surface area contributed by atoms with Gasteiger partial charge in [-0.3, -0.25) is 4.72 Å². The van der Waals surface area contributed by atoms with Crippen molar-refractivity contribution in [2.24, 2.45) is 0 Å². The molecule has 0 heterocycles. The first-order chi connectivity index (χ1) is 9.85. The molecular formula is C14H12ClN3O2S. The zero-order chi connectivity index (χ0) is 15.6. The molecule has 0 aliphatic rings. The molecule has 0 saturated carbocycles. The van der Waals surface area contributed by atoms with E-state index in [2.05, 4.69) is 4.72 Å². The van der Waals surface area contributed by atoms with Crippen molar-refractivity contribution < 1.29 is 8.42 Å². The van der Waals surface area contributed by atoms with Crippen LogP contribution < -0.4 is 10.5 Å². The molecule has 0 saturated heterocycles. The number of anilines is 2. The van der Waals surface area contributed by atoms with Crippen molar-refractivity contribution in [3.8, 4) is 6.07 Å². The lowest BCUT2D eigenvalue weighted by atomic mass is 10.2. The van der Waals surface area contributed by atoms with Crippen LogP contribution in [0.15, 0.2) is 41.3 Å². The Hall–Kier alpha value is -2.23. The fourth-order valence-corrected chi connectivity index (χ4v) is 3.43. The van der Waals surface area contributed by atoms with E-state index >= 15 is 0 Å². The van der Waals surface area contributed by atoms with Gasteiger partial charge in [0.2, 0.25) is 0 Å². The molecule has 2 aromatic rings. The summed E-state index contributed by atoms with van der Waals surface area (Å²) in [6.45, 7) is 1.63. The number of nitrogens with zero attached hydrogens (tertiary/aromatic N) is 1. The van der Waals surface area contributed by atoms with E-state index in [1.807, 2.05) is 6.07 Å². The van der Waals surface area contributed by atoms with Gasteiger partial charge in [-0.1, -0.05) is 17.7 Å². The first-order valence-corrected chi connectivity index (χ1v) is 7.79. The molecule has 0 amide bonds. The highest BCUT2D eigenvalue weighted by molar-refractivity contribution is 7.92. The van der Waals surface area contributed by atoms with Crippen LogP contribution in [-0.2, 0) is 10.0 Å². The second-order valence-electron chi connectivity index (χ2n) is 4.38. The van der Waals surface area contributed by atoms with Crippen LogP contribution in [-0.4, -0.2) is 8.42 Å². The third-order valence-corrected chi connectivity index (χ3v) is 4.78. The molecule has 0 aliphatic heterocycles. The van der Waals surface area contributed by atoms with E-state index in [0.717, 1.165) is 0 Å². The Morgan fingerprint density at radius 3 is 2.62 bits per heavy atom. The van der Waals surface area contributed by atoms with Gasteiger partial charge in [-0.25, -0.2) is 8.42 Å². The van der Waals surface area contributed by atoms with Crippen molar-refractivity contribution in [2.45, 2.75) is 11.8 Å². The third kappa shape index (κ3) is 3.10. The summed E-state index contributed by atoms with van der Waals surface area (Å²) in [7, 11) is -3.81. The molecule has 0 fully saturated rings. The van der Waals surface area contributed by atoms with Crippen molar-refractivity contribution in [2.75, 3.05) is 10.5 Å². The van der Waals surface area contributed by atoms with Crippen molar-refractivity contribution in [3.63, 3.8) is 0 Å². The van der Waals surface area contributed by atoms with E-state index < -0.39 is 10.0 Å².